The summed E-state index contributed by atoms with van der Waals surface area (Å²) in [5, 5.41) is 3.12. The van der Waals surface area contributed by atoms with Crippen molar-refractivity contribution in [3.63, 3.8) is 0 Å². The first kappa shape index (κ1) is 25.9. The lowest BCUT2D eigenvalue weighted by Crippen LogP contribution is -2.32. The SMILES string of the molecule is CCO[13C](=O)[13C]1=[13C]([13CH3])N[13C]([13CH3])=[13C]([13C](=O)OCC)C1c1ccccc1/C=C/C(=O)OC(C)(C)C. The zero-order valence-electron chi connectivity index (χ0n) is 20.4. The van der Waals surface area contributed by atoms with E-state index in [0.29, 0.717) is 33.7 Å². The van der Waals surface area contributed by atoms with E-state index in [9.17, 15) is 14.4 Å². The molecule has 0 saturated carbocycles. The molecule has 0 atom stereocenters. The first-order valence-corrected chi connectivity index (χ1v) is 11.0. The van der Waals surface area contributed by atoms with Crippen molar-refractivity contribution >= 4 is 24.0 Å². The quantitative estimate of drug-likeness (QED) is 0.277. The minimum Gasteiger partial charge on any atom is -0.463 e. The predicted octanol–water partition coefficient (Wildman–Crippen LogP) is 4.40. The van der Waals surface area contributed by atoms with Gasteiger partial charge in [-0.2, -0.15) is 0 Å². The number of esters is 3. The van der Waals surface area contributed by atoms with Gasteiger partial charge in [0.05, 0.1) is 30.3 Å². The molecule has 1 N–H and O–H groups in total. The minimum absolute atomic E-state index is 0.194. The fourth-order valence-electron chi connectivity index (χ4n) is 3.68. The Morgan fingerprint density at radius 1 is 0.939 bits per heavy atom. The Morgan fingerprint density at radius 3 is 1.94 bits per heavy atom. The number of ether oxygens (including phenoxy) is 3. The van der Waals surface area contributed by atoms with Gasteiger partial charge in [0.2, 0.25) is 0 Å². The summed E-state index contributed by atoms with van der Waals surface area (Å²) < 4.78 is 16.0. The molecule has 0 amide bonds. The maximum atomic E-state index is 13.0. The molecule has 1 heterocycles. The Labute approximate surface area is 195 Å². The van der Waals surface area contributed by atoms with Gasteiger partial charge in [0.25, 0.3) is 0 Å². The average molecular weight is 463 g/mol. The van der Waals surface area contributed by atoms with E-state index in [2.05, 4.69) is 5.32 Å². The normalized spacial score (nSPS) is 14.9. The van der Waals surface area contributed by atoms with Crippen LogP contribution in [-0.2, 0) is 28.6 Å². The van der Waals surface area contributed by atoms with Crippen LogP contribution in [0.3, 0.4) is 0 Å². The van der Waals surface area contributed by atoms with Crippen molar-refractivity contribution in [3.05, 3.63) is 64.0 Å². The fraction of sp³-hybridized carbons (Fsp3) is 0.423. The summed E-state index contributed by atoms with van der Waals surface area (Å²) in [4.78, 5) is 38.2. The molecule has 0 aromatic heterocycles. The summed E-state index contributed by atoms with van der Waals surface area (Å²) in [6, 6.07) is 7.27. The number of dihydropyridines is 1. The lowest BCUT2D eigenvalue weighted by molar-refractivity contribution is -0.148. The first-order valence-electron chi connectivity index (χ1n) is 11.0. The molecule has 1 aromatic carbocycles. The van der Waals surface area contributed by atoms with Crippen molar-refractivity contribution < 1.29 is 28.6 Å². The molecule has 7 nitrogen and oxygen atoms in total. The van der Waals surface area contributed by atoms with Crippen molar-refractivity contribution in [2.45, 2.75) is 60.0 Å². The number of carbonyl (C=O) groups is 3. The van der Waals surface area contributed by atoms with Gasteiger partial charge in [-0.25, -0.2) is 14.4 Å². The number of hydrogen-bond donors (Lipinski definition) is 1. The molecule has 7 heteroatoms. The zero-order chi connectivity index (χ0) is 24.8. The molecule has 0 fully saturated rings. The van der Waals surface area contributed by atoms with Gasteiger partial charge < -0.3 is 19.5 Å². The maximum Gasteiger partial charge on any atom is 0.336 e. The van der Waals surface area contributed by atoms with Crippen LogP contribution in [-0.4, -0.2) is 36.7 Å². The molecule has 1 aliphatic rings. The second-order valence-electron chi connectivity index (χ2n) is 8.57. The predicted molar refractivity (Wildman–Crippen MR) is 126 cm³/mol. The Balaban J connectivity index is 2.65. The molecule has 0 spiro atoms. The topological polar surface area (TPSA) is 90.9 Å². The lowest BCUT2D eigenvalue weighted by atomic mass is 10.0. The van der Waals surface area contributed by atoms with Crippen LogP contribution in [0.4, 0.5) is 0 Å². The maximum absolute atomic E-state index is 13.0. The van der Waals surface area contributed by atoms with Crippen molar-refractivity contribution in [2.24, 2.45) is 0 Å². The minimum atomic E-state index is -0.733. The van der Waals surface area contributed by atoms with Crippen LogP contribution in [0.2, 0.25) is 0 Å². The van der Waals surface area contributed by atoms with Gasteiger partial charge in [0, 0.05) is 17.5 Å². The number of hydrogen-bond acceptors (Lipinski definition) is 7. The summed E-state index contributed by atoms with van der Waals surface area (Å²) in [5.74, 6) is -2.26. The summed E-state index contributed by atoms with van der Waals surface area (Å²) in [5.41, 5.74) is 2.55. The van der Waals surface area contributed by atoms with E-state index in [4.69, 9.17) is 14.2 Å². The van der Waals surface area contributed by atoms with Gasteiger partial charge in [-0.05, 0) is 65.7 Å². The Hall–Kier alpha value is -3.35. The van der Waals surface area contributed by atoms with E-state index < -0.39 is 29.4 Å². The highest BCUT2D eigenvalue weighted by atomic mass is 16.6. The standard InChI is InChI=1S/C26H33NO6/c1-8-31-24(29)21-16(3)27-17(4)22(25(30)32-9-2)23(21)19-13-11-10-12-18(19)14-15-20(28)33-26(5,6)7/h10-15,23,27H,8-9H2,1-7H3/b15-14+/i3+1,4+1,16+1,17+1,21+1,22+1,24+1,25+1. The smallest absolute Gasteiger partial charge is 0.336 e. The van der Waals surface area contributed by atoms with Crippen LogP contribution in [0, 0.1) is 0 Å². The average Bonchev–Trinajstić information content (AvgIpc) is 2.71. The van der Waals surface area contributed by atoms with Crippen LogP contribution >= 0.6 is 0 Å². The molecule has 2 rings (SSSR count). The van der Waals surface area contributed by atoms with Crippen LogP contribution in [0.1, 0.15) is 65.5 Å². The second-order valence-corrected chi connectivity index (χ2v) is 8.57. The molecule has 1 aromatic rings. The molecule has 178 valence electrons. The summed E-state index contributed by atoms with van der Waals surface area (Å²) in [7, 11) is 0. The van der Waals surface area contributed by atoms with Crippen LogP contribution in [0.5, 0.6) is 0 Å². The second kappa shape index (κ2) is 11.0. The number of benzene rings is 1. The third-order valence-corrected chi connectivity index (χ3v) is 4.86. The van der Waals surface area contributed by atoms with Crippen LogP contribution in [0.25, 0.3) is 6.08 Å². The fourth-order valence-corrected chi connectivity index (χ4v) is 3.68. The molecule has 1 aliphatic heterocycles. The Morgan fingerprint density at radius 2 is 1.45 bits per heavy atom. The van der Waals surface area contributed by atoms with Crippen LogP contribution < -0.4 is 5.32 Å². The number of rotatable bonds is 7. The Bertz CT molecular complexity index is 970. The van der Waals surface area contributed by atoms with Gasteiger partial charge >= 0.3 is 17.9 Å². The summed E-state index contributed by atoms with van der Waals surface area (Å²) in [6.07, 6.45) is 2.97. The highest BCUT2D eigenvalue weighted by molar-refractivity contribution is 6.00. The molecule has 0 bridgehead atoms. The van der Waals surface area contributed by atoms with E-state index >= 15 is 0 Å². The molecular formula is C26H33NO6. The highest BCUT2D eigenvalue weighted by Gasteiger charge is 2.38. The largest absolute Gasteiger partial charge is 0.463 e. The van der Waals surface area contributed by atoms with Gasteiger partial charge in [-0.3, -0.25) is 0 Å². The first-order chi connectivity index (χ1) is 15.5. The van der Waals surface area contributed by atoms with Crippen molar-refractivity contribution in [3.8, 4) is 0 Å². The lowest BCUT2D eigenvalue weighted by Gasteiger charge is -2.31. The zero-order valence-corrected chi connectivity index (χ0v) is 20.4. The third kappa shape index (κ3) is 6.57. The van der Waals surface area contributed by atoms with Crippen LogP contribution in [0.15, 0.2) is 52.9 Å². The van der Waals surface area contributed by atoms with Crippen molar-refractivity contribution in [1.29, 1.82) is 0 Å². The van der Waals surface area contributed by atoms with Gasteiger partial charge in [-0.15, -0.1) is 0 Å². The van der Waals surface area contributed by atoms with Gasteiger partial charge in [0.15, 0.2) is 0 Å². The molecular weight excluding hydrogens is 430 g/mol. The molecule has 0 saturated heterocycles. The van der Waals surface area contributed by atoms with E-state index in [0.717, 1.165) is 0 Å². The number of nitrogens with one attached hydrogen (secondary N) is 1. The number of carbonyl (C=O) groups excluding carboxylic acids is 3. The Kier molecular flexibility index (Phi) is 8.63. The molecule has 0 aliphatic carbocycles. The molecule has 0 unspecified atom stereocenters. The highest BCUT2D eigenvalue weighted by Crippen LogP contribution is 2.40. The van der Waals surface area contributed by atoms with Crippen molar-refractivity contribution in [1.82, 2.24) is 5.32 Å². The number of allylic oxidation sites excluding steroid dienone is 2. The third-order valence-electron chi connectivity index (χ3n) is 4.86. The monoisotopic (exact) mass is 463 g/mol. The van der Waals surface area contributed by atoms with E-state index in [1.54, 1.807) is 54.5 Å². The van der Waals surface area contributed by atoms with E-state index in [1.807, 2.05) is 24.3 Å². The van der Waals surface area contributed by atoms with Crippen molar-refractivity contribution in [2.75, 3.05) is 13.2 Å². The van der Waals surface area contributed by atoms with Gasteiger partial charge in [-0.1, -0.05) is 24.3 Å². The molecule has 0 radical (unpaired) electrons. The summed E-state index contributed by atoms with van der Waals surface area (Å²) in [6.45, 7) is 12.8. The molecule has 33 heavy (non-hydrogen) atoms. The van der Waals surface area contributed by atoms with E-state index in [-0.39, 0.29) is 13.2 Å². The van der Waals surface area contributed by atoms with Gasteiger partial charge in [0.1, 0.15) is 5.60 Å². The summed E-state index contributed by atoms with van der Waals surface area (Å²) >= 11 is 0. The van der Waals surface area contributed by atoms with E-state index in [1.165, 1.54) is 6.08 Å².